The van der Waals surface area contributed by atoms with Gasteiger partial charge >= 0.3 is 0 Å². The zero-order chi connectivity index (χ0) is 13.7. The first-order valence-corrected chi connectivity index (χ1v) is 6.88. The molecule has 3 nitrogen and oxygen atoms in total. The molecule has 1 aromatic carbocycles. The number of guanidine groups is 1. The van der Waals surface area contributed by atoms with Crippen LogP contribution in [0.1, 0.15) is 30.4 Å². The van der Waals surface area contributed by atoms with Crippen molar-refractivity contribution in [1.29, 1.82) is 0 Å². The molecular weight excluding hydrogens is 368 g/mol. The Hall–Kier alpha value is -0.850. The summed E-state index contributed by atoms with van der Waals surface area (Å²) in [5.41, 5.74) is 1.60. The standard InChI is InChI=1S/C15H22FN3.HI/c1-11-3-4-13(9-14(11)16)10-19-15(17-2)18-8-7-12-5-6-12;/h3-4,9,12H,5-8,10H2,1-2H3,(H2,17,18,19);1H. The summed E-state index contributed by atoms with van der Waals surface area (Å²) in [5.74, 6) is 1.54. The molecule has 1 saturated carbocycles. The van der Waals surface area contributed by atoms with Crippen molar-refractivity contribution in [2.75, 3.05) is 13.6 Å². The van der Waals surface area contributed by atoms with E-state index in [1.54, 1.807) is 26.1 Å². The Balaban J connectivity index is 0.00000200. The van der Waals surface area contributed by atoms with Gasteiger partial charge in [0.1, 0.15) is 5.82 Å². The van der Waals surface area contributed by atoms with Gasteiger partial charge in [-0.3, -0.25) is 4.99 Å². The molecule has 0 bridgehead atoms. The SMILES string of the molecule is CN=C(NCCC1CC1)NCc1ccc(C)c(F)c1.I. The van der Waals surface area contributed by atoms with Crippen LogP contribution in [0.5, 0.6) is 0 Å². The van der Waals surface area contributed by atoms with Crippen LogP contribution >= 0.6 is 24.0 Å². The highest BCUT2D eigenvalue weighted by atomic mass is 127. The number of hydrogen-bond donors (Lipinski definition) is 2. The Bertz CT molecular complexity index is 458. The van der Waals surface area contributed by atoms with Gasteiger partial charge in [0.25, 0.3) is 0 Å². The molecule has 2 N–H and O–H groups in total. The number of hydrogen-bond acceptors (Lipinski definition) is 1. The maximum atomic E-state index is 13.4. The van der Waals surface area contributed by atoms with Crippen molar-refractivity contribution in [3.05, 3.63) is 35.1 Å². The van der Waals surface area contributed by atoms with E-state index >= 15 is 0 Å². The third-order valence-electron chi connectivity index (χ3n) is 3.46. The zero-order valence-electron chi connectivity index (χ0n) is 12.1. The van der Waals surface area contributed by atoms with E-state index < -0.39 is 0 Å². The van der Waals surface area contributed by atoms with E-state index in [1.807, 2.05) is 6.07 Å². The van der Waals surface area contributed by atoms with Crippen LogP contribution in [0, 0.1) is 18.7 Å². The summed E-state index contributed by atoms with van der Waals surface area (Å²) >= 11 is 0. The monoisotopic (exact) mass is 391 g/mol. The molecule has 20 heavy (non-hydrogen) atoms. The zero-order valence-corrected chi connectivity index (χ0v) is 14.4. The first-order chi connectivity index (χ1) is 9.19. The molecule has 0 unspecified atom stereocenters. The van der Waals surface area contributed by atoms with Gasteiger partial charge in [-0.25, -0.2) is 4.39 Å². The van der Waals surface area contributed by atoms with Crippen LogP contribution < -0.4 is 10.6 Å². The Labute approximate surface area is 137 Å². The number of halogens is 2. The van der Waals surface area contributed by atoms with E-state index in [9.17, 15) is 4.39 Å². The molecule has 5 heteroatoms. The Kier molecular flexibility index (Phi) is 7.26. The summed E-state index contributed by atoms with van der Waals surface area (Å²) < 4.78 is 13.4. The van der Waals surface area contributed by atoms with E-state index in [-0.39, 0.29) is 29.8 Å². The van der Waals surface area contributed by atoms with Crippen molar-refractivity contribution in [3.63, 3.8) is 0 Å². The summed E-state index contributed by atoms with van der Waals surface area (Å²) in [4.78, 5) is 4.16. The summed E-state index contributed by atoms with van der Waals surface area (Å²) in [5, 5.41) is 6.48. The van der Waals surface area contributed by atoms with Crippen molar-refractivity contribution < 1.29 is 4.39 Å². The highest BCUT2D eigenvalue weighted by molar-refractivity contribution is 14.0. The van der Waals surface area contributed by atoms with Crippen LogP contribution in [0.25, 0.3) is 0 Å². The summed E-state index contributed by atoms with van der Waals surface area (Å²) in [6, 6.07) is 5.30. The normalized spacial score (nSPS) is 14.7. The predicted octanol–water partition coefficient (Wildman–Crippen LogP) is 3.22. The molecule has 1 fully saturated rings. The van der Waals surface area contributed by atoms with E-state index in [4.69, 9.17) is 0 Å². The Morgan fingerprint density at radius 2 is 2.10 bits per heavy atom. The molecule has 0 spiro atoms. The van der Waals surface area contributed by atoms with E-state index in [0.717, 1.165) is 24.0 Å². The van der Waals surface area contributed by atoms with Gasteiger partial charge in [0, 0.05) is 20.1 Å². The van der Waals surface area contributed by atoms with E-state index in [2.05, 4.69) is 15.6 Å². The number of benzene rings is 1. The lowest BCUT2D eigenvalue weighted by molar-refractivity contribution is 0.615. The molecular formula is C15H23FIN3. The van der Waals surface area contributed by atoms with Crippen molar-refractivity contribution in [2.45, 2.75) is 32.7 Å². The molecule has 0 atom stereocenters. The van der Waals surface area contributed by atoms with Crippen molar-refractivity contribution >= 4 is 29.9 Å². The highest BCUT2D eigenvalue weighted by Gasteiger charge is 2.20. The molecule has 112 valence electrons. The largest absolute Gasteiger partial charge is 0.356 e. The van der Waals surface area contributed by atoms with Crippen LogP contribution in [-0.4, -0.2) is 19.6 Å². The second-order valence-electron chi connectivity index (χ2n) is 5.17. The van der Waals surface area contributed by atoms with Gasteiger partial charge in [0.05, 0.1) is 0 Å². The smallest absolute Gasteiger partial charge is 0.191 e. The lowest BCUT2D eigenvalue weighted by atomic mass is 10.1. The molecule has 1 aliphatic rings. The fraction of sp³-hybridized carbons (Fsp3) is 0.533. The molecule has 0 amide bonds. The number of aryl methyl sites for hydroxylation is 1. The maximum Gasteiger partial charge on any atom is 0.191 e. The fourth-order valence-electron chi connectivity index (χ4n) is 1.95. The third kappa shape index (κ3) is 5.64. The summed E-state index contributed by atoms with van der Waals surface area (Å²) in [7, 11) is 1.75. The minimum absolute atomic E-state index is 0. The first-order valence-electron chi connectivity index (χ1n) is 6.88. The van der Waals surface area contributed by atoms with Crippen molar-refractivity contribution in [3.8, 4) is 0 Å². The van der Waals surface area contributed by atoms with Gasteiger partial charge < -0.3 is 10.6 Å². The maximum absolute atomic E-state index is 13.4. The van der Waals surface area contributed by atoms with Gasteiger partial charge in [-0.2, -0.15) is 0 Å². The minimum atomic E-state index is -0.157. The van der Waals surface area contributed by atoms with Gasteiger partial charge in [-0.05, 0) is 36.5 Å². The fourth-order valence-corrected chi connectivity index (χ4v) is 1.95. The highest BCUT2D eigenvalue weighted by Crippen LogP contribution is 2.31. The van der Waals surface area contributed by atoms with Crippen LogP contribution in [-0.2, 0) is 6.54 Å². The van der Waals surface area contributed by atoms with Gasteiger partial charge in [-0.1, -0.05) is 25.0 Å². The number of nitrogens with one attached hydrogen (secondary N) is 2. The van der Waals surface area contributed by atoms with Gasteiger partial charge in [0.2, 0.25) is 0 Å². The van der Waals surface area contributed by atoms with Gasteiger partial charge in [0.15, 0.2) is 5.96 Å². The molecule has 2 rings (SSSR count). The summed E-state index contributed by atoms with van der Waals surface area (Å²) in [6.07, 6.45) is 3.95. The Morgan fingerprint density at radius 3 is 2.70 bits per heavy atom. The van der Waals surface area contributed by atoms with Gasteiger partial charge in [-0.15, -0.1) is 24.0 Å². The summed E-state index contributed by atoms with van der Waals surface area (Å²) in [6.45, 7) is 3.30. The average molecular weight is 391 g/mol. The Morgan fingerprint density at radius 1 is 1.35 bits per heavy atom. The molecule has 0 saturated heterocycles. The third-order valence-corrected chi connectivity index (χ3v) is 3.46. The van der Waals surface area contributed by atoms with Crippen molar-refractivity contribution in [2.24, 2.45) is 10.9 Å². The minimum Gasteiger partial charge on any atom is -0.356 e. The molecule has 0 aliphatic heterocycles. The lowest BCUT2D eigenvalue weighted by Crippen LogP contribution is -2.37. The van der Waals surface area contributed by atoms with E-state index in [1.165, 1.54) is 19.3 Å². The van der Waals surface area contributed by atoms with Crippen LogP contribution in [0.15, 0.2) is 23.2 Å². The first kappa shape index (κ1) is 17.2. The van der Waals surface area contributed by atoms with Crippen LogP contribution in [0.3, 0.4) is 0 Å². The molecule has 0 aromatic heterocycles. The molecule has 0 radical (unpaired) electrons. The topological polar surface area (TPSA) is 36.4 Å². The lowest BCUT2D eigenvalue weighted by Gasteiger charge is -2.12. The van der Waals surface area contributed by atoms with Crippen molar-refractivity contribution in [1.82, 2.24) is 10.6 Å². The second kappa shape index (κ2) is 8.44. The molecule has 1 aliphatic carbocycles. The quantitative estimate of drug-likeness (QED) is 0.460. The molecule has 0 heterocycles. The number of rotatable bonds is 5. The number of nitrogens with zero attached hydrogens (tertiary/aromatic N) is 1. The second-order valence-corrected chi connectivity index (χ2v) is 5.17. The average Bonchev–Trinajstić information content (AvgIpc) is 3.21. The molecule has 1 aromatic rings. The number of aliphatic imine (C=N–C) groups is 1. The van der Waals surface area contributed by atoms with Crippen LogP contribution in [0.4, 0.5) is 4.39 Å². The predicted molar refractivity (Wildman–Crippen MR) is 92.1 cm³/mol. The van der Waals surface area contributed by atoms with E-state index in [0.29, 0.717) is 12.1 Å². The van der Waals surface area contributed by atoms with Crippen LogP contribution in [0.2, 0.25) is 0 Å².